The summed E-state index contributed by atoms with van der Waals surface area (Å²) < 4.78 is 0. The van der Waals surface area contributed by atoms with E-state index in [1.807, 2.05) is 31.3 Å². The molecule has 0 bridgehead atoms. The van der Waals surface area contributed by atoms with E-state index in [1.54, 1.807) is 0 Å². The predicted molar refractivity (Wildman–Crippen MR) is 69.8 cm³/mol. The van der Waals surface area contributed by atoms with Crippen LogP contribution in [0.1, 0.15) is 17.7 Å². The van der Waals surface area contributed by atoms with Crippen LogP contribution in [0, 0.1) is 6.92 Å². The summed E-state index contributed by atoms with van der Waals surface area (Å²) >= 11 is 0. The zero-order chi connectivity index (χ0) is 12.1. The number of aliphatic hydroxyl groups is 1. The van der Waals surface area contributed by atoms with Gasteiger partial charge in [0.1, 0.15) is 0 Å². The molecule has 0 radical (unpaired) electrons. The second kappa shape index (κ2) is 5.60. The van der Waals surface area contributed by atoms with Crippen LogP contribution in [0.2, 0.25) is 0 Å². The van der Waals surface area contributed by atoms with Crippen LogP contribution in [0.25, 0.3) is 11.1 Å². The van der Waals surface area contributed by atoms with Crippen LogP contribution in [0.4, 0.5) is 0 Å². The highest BCUT2D eigenvalue weighted by Gasteiger charge is 2.07. The Morgan fingerprint density at radius 1 is 1.12 bits per heavy atom. The molecule has 0 amide bonds. The van der Waals surface area contributed by atoms with E-state index >= 15 is 0 Å². The summed E-state index contributed by atoms with van der Waals surface area (Å²) in [5.74, 6) is 0. The van der Waals surface area contributed by atoms with Crippen molar-refractivity contribution in [2.45, 2.75) is 19.8 Å². The minimum atomic E-state index is 0.225. The Hall–Kier alpha value is -1.67. The highest BCUT2D eigenvalue weighted by atomic mass is 16.2. The molecule has 2 nitrogen and oxygen atoms in total. The molecule has 0 unspecified atom stereocenters. The van der Waals surface area contributed by atoms with Crippen LogP contribution >= 0.6 is 0 Å². The van der Waals surface area contributed by atoms with Gasteiger partial charge in [0.25, 0.3) is 0 Å². The second-order valence-corrected chi connectivity index (χ2v) is 4.12. The number of benzene rings is 1. The lowest BCUT2D eigenvalue weighted by molar-refractivity contribution is 0.288. The summed E-state index contributed by atoms with van der Waals surface area (Å²) in [6.07, 6.45) is 3.51. The van der Waals surface area contributed by atoms with Crippen molar-refractivity contribution >= 4 is 0 Å². The molecule has 88 valence electrons. The highest BCUT2D eigenvalue weighted by Crippen LogP contribution is 2.25. The third-order valence-corrected chi connectivity index (χ3v) is 2.94. The number of aryl methyl sites for hydroxylation is 1. The first kappa shape index (κ1) is 11.8. The molecule has 0 aliphatic carbocycles. The fourth-order valence-electron chi connectivity index (χ4n) is 2.06. The molecule has 0 saturated carbocycles. The number of aliphatic hydroxyl groups excluding tert-OH is 1. The molecule has 0 fully saturated rings. The van der Waals surface area contributed by atoms with E-state index in [0.29, 0.717) is 0 Å². The molecule has 0 spiro atoms. The maximum Gasteiger partial charge on any atom is 0.0434 e. The number of aromatic nitrogens is 1. The zero-order valence-electron chi connectivity index (χ0n) is 10.1. The molecule has 1 heterocycles. The summed E-state index contributed by atoms with van der Waals surface area (Å²) in [7, 11) is 0. The van der Waals surface area contributed by atoms with Crippen molar-refractivity contribution in [1.29, 1.82) is 0 Å². The van der Waals surface area contributed by atoms with Crippen molar-refractivity contribution < 1.29 is 5.11 Å². The number of hydrogen-bond donors (Lipinski definition) is 1. The van der Waals surface area contributed by atoms with Gasteiger partial charge in [-0.3, -0.25) is 4.98 Å². The van der Waals surface area contributed by atoms with Gasteiger partial charge in [-0.1, -0.05) is 30.3 Å². The third kappa shape index (κ3) is 2.71. The van der Waals surface area contributed by atoms with E-state index in [9.17, 15) is 0 Å². The Kier molecular flexibility index (Phi) is 3.89. The van der Waals surface area contributed by atoms with Gasteiger partial charge >= 0.3 is 0 Å². The molecule has 0 aliphatic rings. The van der Waals surface area contributed by atoms with Crippen LogP contribution in [-0.2, 0) is 6.42 Å². The number of rotatable bonds is 4. The van der Waals surface area contributed by atoms with E-state index in [1.165, 1.54) is 16.7 Å². The van der Waals surface area contributed by atoms with E-state index in [2.05, 4.69) is 23.2 Å². The molecule has 0 aliphatic heterocycles. The SMILES string of the molecule is Cc1nccc(-c2ccccc2)c1CCCO. The highest BCUT2D eigenvalue weighted by molar-refractivity contribution is 5.67. The summed E-state index contributed by atoms with van der Waals surface area (Å²) in [6.45, 7) is 2.25. The fourth-order valence-corrected chi connectivity index (χ4v) is 2.06. The first-order valence-electron chi connectivity index (χ1n) is 5.93. The van der Waals surface area contributed by atoms with Gasteiger partial charge in [-0.25, -0.2) is 0 Å². The van der Waals surface area contributed by atoms with E-state index in [0.717, 1.165) is 18.5 Å². The zero-order valence-corrected chi connectivity index (χ0v) is 10.1. The topological polar surface area (TPSA) is 33.1 Å². The monoisotopic (exact) mass is 227 g/mol. The largest absolute Gasteiger partial charge is 0.396 e. The smallest absolute Gasteiger partial charge is 0.0434 e. The predicted octanol–water partition coefficient (Wildman–Crippen LogP) is 2.98. The van der Waals surface area contributed by atoms with Crippen molar-refractivity contribution in [2.75, 3.05) is 6.61 Å². The normalized spacial score (nSPS) is 10.5. The molecule has 1 N–H and O–H groups in total. The molecular formula is C15H17NO. The molecule has 0 atom stereocenters. The average molecular weight is 227 g/mol. The Morgan fingerprint density at radius 3 is 2.59 bits per heavy atom. The lowest BCUT2D eigenvalue weighted by Gasteiger charge is -2.11. The summed E-state index contributed by atoms with van der Waals surface area (Å²) in [6, 6.07) is 12.4. The molecule has 2 rings (SSSR count). The summed E-state index contributed by atoms with van der Waals surface area (Å²) in [5, 5.41) is 8.96. The van der Waals surface area contributed by atoms with Gasteiger partial charge < -0.3 is 5.11 Å². The van der Waals surface area contributed by atoms with E-state index < -0.39 is 0 Å². The molecule has 1 aromatic carbocycles. The number of hydrogen-bond acceptors (Lipinski definition) is 2. The van der Waals surface area contributed by atoms with E-state index in [4.69, 9.17) is 5.11 Å². The van der Waals surface area contributed by atoms with Gasteiger partial charge in [0.15, 0.2) is 0 Å². The van der Waals surface area contributed by atoms with Gasteiger partial charge in [0.05, 0.1) is 0 Å². The number of pyridine rings is 1. The van der Waals surface area contributed by atoms with Crippen LogP contribution < -0.4 is 0 Å². The van der Waals surface area contributed by atoms with Crippen molar-refractivity contribution in [3.63, 3.8) is 0 Å². The lowest BCUT2D eigenvalue weighted by atomic mass is 9.96. The minimum Gasteiger partial charge on any atom is -0.396 e. The van der Waals surface area contributed by atoms with Crippen molar-refractivity contribution in [1.82, 2.24) is 4.98 Å². The maximum absolute atomic E-state index is 8.96. The Balaban J connectivity index is 2.43. The van der Waals surface area contributed by atoms with Gasteiger partial charge in [0.2, 0.25) is 0 Å². The minimum absolute atomic E-state index is 0.225. The molecule has 17 heavy (non-hydrogen) atoms. The summed E-state index contributed by atoms with van der Waals surface area (Å²) in [5.41, 5.74) is 4.74. The van der Waals surface area contributed by atoms with Crippen LogP contribution in [0.3, 0.4) is 0 Å². The number of nitrogens with zero attached hydrogens (tertiary/aromatic N) is 1. The van der Waals surface area contributed by atoms with Crippen LogP contribution in [0.5, 0.6) is 0 Å². The van der Waals surface area contributed by atoms with Crippen molar-refractivity contribution in [2.24, 2.45) is 0 Å². The second-order valence-electron chi connectivity index (χ2n) is 4.12. The van der Waals surface area contributed by atoms with Gasteiger partial charge in [0, 0.05) is 18.5 Å². The molecule has 2 heteroatoms. The quantitative estimate of drug-likeness (QED) is 0.871. The van der Waals surface area contributed by atoms with Gasteiger partial charge in [-0.15, -0.1) is 0 Å². The average Bonchev–Trinajstić information content (AvgIpc) is 2.38. The Labute approximate surface area is 102 Å². The fraction of sp³-hybridized carbons (Fsp3) is 0.267. The molecular weight excluding hydrogens is 210 g/mol. The van der Waals surface area contributed by atoms with Gasteiger partial charge in [-0.2, -0.15) is 0 Å². The lowest BCUT2D eigenvalue weighted by Crippen LogP contribution is -1.98. The van der Waals surface area contributed by atoms with Crippen molar-refractivity contribution in [3.05, 3.63) is 53.9 Å². The summed E-state index contributed by atoms with van der Waals surface area (Å²) in [4.78, 5) is 4.34. The third-order valence-electron chi connectivity index (χ3n) is 2.94. The standard InChI is InChI=1S/C15H17NO/c1-12-14(8-5-11-17)15(9-10-16-12)13-6-3-2-4-7-13/h2-4,6-7,9-10,17H,5,8,11H2,1H3. The Morgan fingerprint density at radius 2 is 1.88 bits per heavy atom. The Bertz CT molecular complexity index is 480. The molecule has 2 aromatic rings. The van der Waals surface area contributed by atoms with Gasteiger partial charge in [-0.05, 0) is 42.5 Å². The van der Waals surface area contributed by atoms with Crippen LogP contribution in [0.15, 0.2) is 42.6 Å². The first-order valence-corrected chi connectivity index (χ1v) is 5.93. The maximum atomic E-state index is 8.96. The molecule has 0 saturated heterocycles. The van der Waals surface area contributed by atoms with Crippen molar-refractivity contribution in [3.8, 4) is 11.1 Å². The first-order chi connectivity index (χ1) is 8.33. The molecule has 1 aromatic heterocycles. The van der Waals surface area contributed by atoms with E-state index in [-0.39, 0.29) is 6.61 Å². The van der Waals surface area contributed by atoms with Crippen LogP contribution in [-0.4, -0.2) is 16.7 Å².